The van der Waals surface area contributed by atoms with Gasteiger partial charge in [-0.2, -0.15) is 0 Å². The molecule has 0 bridgehead atoms. The number of H-pyrrole nitrogens is 1. The lowest BCUT2D eigenvalue weighted by atomic mass is 10.1. The van der Waals surface area contributed by atoms with E-state index in [1.165, 1.54) is 5.56 Å². The average molecular weight is 250 g/mol. The molecular formula is C15H14N4. The van der Waals surface area contributed by atoms with E-state index in [1.807, 2.05) is 18.5 Å². The van der Waals surface area contributed by atoms with Gasteiger partial charge in [0.15, 0.2) is 0 Å². The predicted octanol–water partition coefficient (Wildman–Crippen LogP) is 3.08. The van der Waals surface area contributed by atoms with E-state index in [0.29, 0.717) is 0 Å². The van der Waals surface area contributed by atoms with Crippen molar-refractivity contribution in [3.63, 3.8) is 0 Å². The first kappa shape index (κ1) is 11.5. The normalized spacial score (nSPS) is 10.3. The Morgan fingerprint density at radius 3 is 2.58 bits per heavy atom. The largest absolute Gasteiger partial charge is 0.381 e. The monoisotopic (exact) mass is 250 g/mol. The highest BCUT2D eigenvalue weighted by molar-refractivity contribution is 5.61. The summed E-state index contributed by atoms with van der Waals surface area (Å²) in [5, 5.41) is 3.37. The third kappa shape index (κ3) is 2.80. The highest BCUT2D eigenvalue weighted by Crippen LogP contribution is 2.19. The van der Waals surface area contributed by atoms with Crippen molar-refractivity contribution in [3.8, 4) is 11.3 Å². The number of aromatic nitrogens is 3. The number of imidazole rings is 1. The zero-order chi connectivity index (χ0) is 12.9. The van der Waals surface area contributed by atoms with Gasteiger partial charge in [0.2, 0.25) is 0 Å². The summed E-state index contributed by atoms with van der Waals surface area (Å²) in [6.07, 6.45) is 7.15. The van der Waals surface area contributed by atoms with E-state index in [2.05, 4.69) is 50.6 Å². The molecule has 4 heteroatoms. The lowest BCUT2D eigenvalue weighted by Crippen LogP contribution is -1.99. The topological polar surface area (TPSA) is 53.6 Å². The summed E-state index contributed by atoms with van der Waals surface area (Å²) in [4.78, 5) is 11.2. The van der Waals surface area contributed by atoms with Gasteiger partial charge in [0, 0.05) is 24.6 Å². The number of rotatable bonds is 4. The molecule has 4 nitrogen and oxygen atoms in total. The van der Waals surface area contributed by atoms with E-state index in [4.69, 9.17) is 0 Å². The molecule has 3 rings (SSSR count). The first-order valence-electron chi connectivity index (χ1n) is 6.13. The van der Waals surface area contributed by atoms with Crippen LogP contribution >= 0.6 is 0 Å². The maximum absolute atomic E-state index is 4.09. The molecule has 0 aliphatic carbocycles. The smallest absolute Gasteiger partial charge is 0.0924 e. The molecule has 0 aliphatic rings. The second kappa shape index (κ2) is 5.35. The van der Waals surface area contributed by atoms with Crippen molar-refractivity contribution in [1.29, 1.82) is 0 Å². The van der Waals surface area contributed by atoms with E-state index in [0.717, 1.165) is 23.5 Å². The average Bonchev–Trinajstić information content (AvgIpc) is 3.01. The van der Waals surface area contributed by atoms with Crippen molar-refractivity contribution in [2.75, 3.05) is 5.32 Å². The van der Waals surface area contributed by atoms with Crippen LogP contribution in [0.1, 0.15) is 5.56 Å². The molecule has 0 saturated carbocycles. The van der Waals surface area contributed by atoms with Crippen molar-refractivity contribution < 1.29 is 0 Å². The van der Waals surface area contributed by atoms with Gasteiger partial charge in [0.25, 0.3) is 0 Å². The van der Waals surface area contributed by atoms with Crippen LogP contribution in [-0.4, -0.2) is 15.0 Å². The summed E-state index contributed by atoms with van der Waals surface area (Å²) in [6.45, 7) is 0.775. The van der Waals surface area contributed by atoms with Crippen molar-refractivity contribution in [2.45, 2.75) is 6.54 Å². The van der Waals surface area contributed by atoms with Crippen LogP contribution < -0.4 is 5.32 Å². The van der Waals surface area contributed by atoms with Crippen LogP contribution in [0.4, 0.5) is 5.69 Å². The Morgan fingerprint density at radius 1 is 1.00 bits per heavy atom. The number of nitrogens with zero attached hydrogens (tertiary/aromatic N) is 2. The molecule has 3 aromatic rings. The molecule has 0 radical (unpaired) electrons. The standard InChI is InChI=1S/C15H14N4/c1-2-12(8-16-7-1)9-18-14-5-3-13(4-6-14)15-10-17-11-19-15/h1-8,10-11,18H,9H2,(H,17,19). The highest BCUT2D eigenvalue weighted by atomic mass is 14.9. The predicted molar refractivity (Wildman–Crippen MR) is 75.6 cm³/mol. The van der Waals surface area contributed by atoms with Crippen LogP contribution in [0.25, 0.3) is 11.3 Å². The fourth-order valence-corrected chi connectivity index (χ4v) is 1.89. The van der Waals surface area contributed by atoms with E-state index in [-0.39, 0.29) is 0 Å². The Labute approximate surface area is 111 Å². The molecular weight excluding hydrogens is 236 g/mol. The molecule has 0 amide bonds. The lowest BCUT2D eigenvalue weighted by Gasteiger charge is -2.06. The summed E-state index contributed by atoms with van der Waals surface area (Å²) in [7, 11) is 0. The summed E-state index contributed by atoms with van der Waals surface area (Å²) in [5.41, 5.74) is 4.41. The Morgan fingerprint density at radius 2 is 1.89 bits per heavy atom. The Bertz CT molecular complexity index is 615. The van der Waals surface area contributed by atoms with Gasteiger partial charge in [0.05, 0.1) is 18.2 Å². The van der Waals surface area contributed by atoms with Crippen LogP contribution in [0.5, 0.6) is 0 Å². The molecule has 0 aliphatic heterocycles. The Balaban J connectivity index is 1.67. The summed E-state index contributed by atoms with van der Waals surface area (Å²) in [5.74, 6) is 0. The maximum atomic E-state index is 4.09. The van der Waals surface area contributed by atoms with E-state index < -0.39 is 0 Å². The molecule has 2 N–H and O–H groups in total. The quantitative estimate of drug-likeness (QED) is 0.748. The second-order valence-corrected chi connectivity index (χ2v) is 4.26. The zero-order valence-electron chi connectivity index (χ0n) is 10.4. The Hall–Kier alpha value is -2.62. The molecule has 0 spiro atoms. The van der Waals surface area contributed by atoms with Crippen LogP contribution in [0.3, 0.4) is 0 Å². The van der Waals surface area contributed by atoms with Crippen LogP contribution in [0, 0.1) is 0 Å². The number of hydrogen-bond donors (Lipinski definition) is 2. The van der Waals surface area contributed by atoms with Crippen LogP contribution in [0.15, 0.2) is 61.3 Å². The SMILES string of the molecule is c1cncc(CNc2ccc(-c3cnc[nH]3)cc2)c1. The third-order valence-electron chi connectivity index (χ3n) is 2.91. The van der Waals surface area contributed by atoms with Gasteiger partial charge >= 0.3 is 0 Å². The Kier molecular flexibility index (Phi) is 3.23. The van der Waals surface area contributed by atoms with Gasteiger partial charge in [-0.3, -0.25) is 4.98 Å². The molecule has 0 unspecified atom stereocenters. The maximum Gasteiger partial charge on any atom is 0.0924 e. The van der Waals surface area contributed by atoms with Gasteiger partial charge < -0.3 is 10.3 Å². The van der Waals surface area contributed by atoms with Gasteiger partial charge in [0.1, 0.15) is 0 Å². The number of aromatic amines is 1. The van der Waals surface area contributed by atoms with Gasteiger partial charge in [-0.25, -0.2) is 4.98 Å². The number of pyridine rings is 1. The van der Waals surface area contributed by atoms with Crippen molar-refractivity contribution in [3.05, 3.63) is 66.9 Å². The lowest BCUT2D eigenvalue weighted by molar-refractivity contribution is 1.11. The van der Waals surface area contributed by atoms with Crippen molar-refractivity contribution in [1.82, 2.24) is 15.0 Å². The van der Waals surface area contributed by atoms with Crippen LogP contribution in [-0.2, 0) is 6.54 Å². The minimum absolute atomic E-state index is 0.775. The highest BCUT2D eigenvalue weighted by Gasteiger charge is 1.99. The fraction of sp³-hybridized carbons (Fsp3) is 0.0667. The number of benzene rings is 1. The molecule has 2 aromatic heterocycles. The summed E-state index contributed by atoms with van der Waals surface area (Å²) < 4.78 is 0. The van der Waals surface area contributed by atoms with E-state index in [9.17, 15) is 0 Å². The summed E-state index contributed by atoms with van der Waals surface area (Å²) >= 11 is 0. The first-order valence-corrected chi connectivity index (χ1v) is 6.13. The molecule has 0 saturated heterocycles. The number of anilines is 1. The fourth-order valence-electron chi connectivity index (χ4n) is 1.89. The van der Waals surface area contributed by atoms with Crippen molar-refractivity contribution >= 4 is 5.69 Å². The molecule has 0 atom stereocenters. The minimum Gasteiger partial charge on any atom is -0.381 e. The number of hydrogen-bond acceptors (Lipinski definition) is 3. The minimum atomic E-state index is 0.775. The van der Waals surface area contributed by atoms with Gasteiger partial charge in [-0.1, -0.05) is 18.2 Å². The number of nitrogens with one attached hydrogen (secondary N) is 2. The third-order valence-corrected chi connectivity index (χ3v) is 2.91. The molecule has 2 heterocycles. The molecule has 19 heavy (non-hydrogen) atoms. The van der Waals surface area contributed by atoms with E-state index >= 15 is 0 Å². The second-order valence-electron chi connectivity index (χ2n) is 4.26. The van der Waals surface area contributed by atoms with Gasteiger partial charge in [-0.05, 0) is 29.3 Å². The van der Waals surface area contributed by atoms with Crippen molar-refractivity contribution in [2.24, 2.45) is 0 Å². The molecule has 0 fully saturated rings. The summed E-state index contributed by atoms with van der Waals surface area (Å²) in [6, 6.07) is 12.3. The zero-order valence-corrected chi connectivity index (χ0v) is 10.4. The van der Waals surface area contributed by atoms with E-state index in [1.54, 1.807) is 12.5 Å². The first-order chi connectivity index (χ1) is 9.42. The molecule has 1 aromatic carbocycles. The van der Waals surface area contributed by atoms with Gasteiger partial charge in [-0.15, -0.1) is 0 Å². The van der Waals surface area contributed by atoms with Crippen LogP contribution in [0.2, 0.25) is 0 Å². The molecule has 94 valence electrons.